The fourth-order valence-electron chi connectivity index (χ4n) is 2.89. The van der Waals surface area contributed by atoms with Crippen LogP contribution in [0.4, 0.5) is 13.2 Å². The van der Waals surface area contributed by atoms with Crippen molar-refractivity contribution in [3.05, 3.63) is 84.2 Å². The minimum atomic E-state index is -4.57. The normalized spacial score (nSPS) is 11.7. The van der Waals surface area contributed by atoms with Crippen molar-refractivity contribution in [2.45, 2.75) is 12.7 Å². The lowest BCUT2D eigenvalue weighted by atomic mass is 10.1. The Morgan fingerprint density at radius 3 is 2.57 bits per heavy atom. The van der Waals surface area contributed by atoms with E-state index in [0.717, 1.165) is 6.07 Å². The lowest BCUT2D eigenvalue weighted by Gasteiger charge is -2.10. The van der Waals surface area contributed by atoms with Crippen LogP contribution in [0.3, 0.4) is 0 Å². The van der Waals surface area contributed by atoms with Crippen LogP contribution < -0.4 is 5.32 Å². The predicted molar refractivity (Wildman–Crippen MR) is 95.5 cm³/mol. The second-order valence-electron chi connectivity index (χ2n) is 6.16. The molecular weight excluding hydrogens is 371 g/mol. The molecule has 142 valence electrons. The molecule has 3 heterocycles. The Hall–Kier alpha value is -3.55. The summed E-state index contributed by atoms with van der Waals surface area (Å²) in [6.45, 7) is 0.00769. The molecule has 1 N–H and O–H groups in total. The molecule has 0 spiro atoms. The minimum absolute atomic E-state index is 0.00769. The van der Waals surface area contributed by atoms with E-state index in [4.69, 9.17) is 4.42 Å². The number of hydrogen-bond acceptors (Lipinski definition) is 3. The molecule has 0 radical (unpaired) electrons. The second kappa shape index (κ2) is 6.88. The molecule has 4 aromatic rings. The molecule has 0 unspecified atom stereocenters. The molecule has 4 rings (SSSR count). The zero-order chi connectivity index (χ0) is 19.7. The first kappa shape index (κ1) is 17.8. The average molecular weight is 385 g/mol. The summed E-state index contributed by atoms with van der Waals surface area (Å²) < 4.78 is 46.9. The standard InChI is InChI=1S/C20H14F3N3O2/c21-20(22,23)17-8-15(14-6-7-28-12-14)10-26-11-16(25-18(17)26)9-24-19(27)13-4-2-1-3-5-13/h1-8,10-12H,9H2,(H,24,27). The Morgan fingerprint density at radius 2 is 1.89 bits per heavy atom. The molecule has 1 amide bonds. The molecule has 8 heteroatoms. The lowest BCUT2D eigenvalue weighted by molar-refractivity contribution is -0.136. The Morgan fingerprint density at radius 1 is 1.11 bits per heavy atom. The molecule has 0 atom stereocenters. The third-order valence-corrected chi connectivity index (χ3v) is 4.23. The Bertz CT molecular complexity index is 1120. The smallest absolute Gasteiger partial charge is 0.420 e. The second-order valence-corrected chi connectivity index (χ2v) is 6.16. The van der Waals surface area contributed by atoms with Crippen molar-refractivity contribution in [3.63, 3.8) is 0 Å². The van der Waals surface area contributed by atoms with E-state index in [0.29, 0.717) is 22.4 Å². The summed E-state index contributed by atoms with van der Waals surface area (Å²) in [5.41, 5.74) is 0.588. The van der Waals surface area contributed by atoms with Gasteiger partial charge in [-0.15, -0.1) is 0 Å². The van der Waals surface area contributed by atoms with Gasteiger partial charge < -0.3 is 14.1 Å². The van der Waals surface area contributed by atoms with E-state index in [1.807, 2.05) is 0 Å². The molecule has 28 heavy (non-hydrogen) atoms. The minimum Gasteiger partial charge on any atom is -0.472 e. The number of amides is 1. The van der Waals surface area contributed by atoms with E-state index < -0.39 is 11.7 Å². The van der Waals surface area contributed by atoms with Gasteiger partial charge in [0.1, 0.15) is 5.65 Å². The highest BCUT2D eigenvalue weighted by molar-refractivity contribution is 5.94. The van der Waals surface area contributed by atoms with Crippen molar-refractivity contribution in [2.75, 3.05) is 0 Å². The van der Waals surface area contributed by atoms with Crippen molar-refractivity contribution in [1.82, 2.24) is 14.7 Å². The molecule has 3 aromatic heterocycles. The number of nitrogens with zero attached hydrogens (tertiary/aromatic N) is 2. The summed E-state index contributed by atoms with van der Waals surface area (Å²) in [7, 11) is 0. The van der Waals surface area contributed by atoms with Gasteiger partial charge in [-0.3, -0.25) is 4.79 Å². The van der Waals surface area contributed by atoms with Gasteiger partial charge in [-0.2, -0.15) is 13.2 Å². The first-order chi connectivity index (χ1) is 13.4. The quantitative estimate of drug-likeness (QED) is 0.561. The monoisotopic (exact) mass is 385 g/mol. The summed E-state index contributed by atoms with van der Waals surface area (Å²) >= 11 is 0. The number of halogens is 3. The van der Waals surface area contributed by atoms with Crippen molar-refractivity contribution in [3.8, 4) is 11.1 Å². The number of rotatable bonds is 4. The van der Waals surface area contributed by atoms with Crippen molar-refractivity contribution in [1.29, 1.82) is 0 Å². The first-order valence-corrected chi connectivity index (χ1v) is 8.36. The summed E-state index contributed by atoms with van der Waals surface area (Å²) in [5.74, 6) is -0.326. The highest BCUT2D eigenvalue weighted by atomic mass is 19.4. The van der Waals surface area contributed by atoms with Gasteiger partial charge in [0.05, 0.1) is 30.3 Å². The third-order valence-electron chi connectivity index (χ3n) is 4.23. The van der Waals surface area contributed by atoms with E-state index >= 15 is 0 Å². The summed E-state index contributed by atoms with van der Waals surface area (Å²) in [6, 6.07) is 11.2. The van der Waals surface area contributed by atoms with Gasteiger partial charge in [0.2, 0.25) is 0 Å². The number of benzene rings is 1. The number of carbonyl (C=O) groups excluding carboxylic acids is 1. The maximum atomic E-state index is 13.5. The largest absolute Gasteiger partial charge is 0.472 e. The SMILES string of the molecule is O=C(NCc1cn2cc(-c3ccoc3)cc(C(F)(F)F)c2n1)c1ccccc1. The fourth-order valence-corrected chi connectivity index (χ4v) is 2.89. The van der Waals surface area contributed by atoms with Crippen LogP contribution in [0, 0.1) is 0 Å². The molecule has 5 nitrogen and oxygen atoms in total. The Kier molecular flexibility index (Phi) is 4.38. The number of nitrogens with one attached hydrogen (secondary N) is 1. The van der Waals surface area contributed by atoms with Crippen molar-refractivity contribution in [2.24, 2.45) is 0 Å². The number of fused-ring (bicyclic) bond motifs is 1. The number of alkyl halides is 3. The van der Waals surface area contributed by atoms with Gasteiger partial charge in [-0.1, -0.05) is 18.2 Å². The Balaban J connectivity index is 1.67. The molecule has 0 saturated carbocycles. The highest BCUT2D eigenvalue weighted by Crippen LogP contribution is 2.35. The summed E-state index contributed by atoms with van der Waals surface area (Å²) in [4.78, 5) is 16.2. The third kappa shape index (κ3) is 3.48. The number of aromatic nitrogens is 2. The van der Waals surface area contributed by atoms with Gasteiger partial charge in [0, 0.05) is 29.1 Å². The molecule has 0 fully saturated rings. The van der Waals surface area contributed by atoms with E-state index in [1.165, 1.54) is 23.1 Å². The zero-order valence-corrected chi connectivity index (χ0v) is 14.4. The van der Waals surface area contributed by atoms with Gasteiger partial charge in [0.25, 0.3) is 5.91 Å². The summed E-state index contributed by atoms with van der Waals surface area (Å²) in [5, 5.41) is 2.67. The van der Waals surface area contributed by atoms with E-state index in [1.54, 1.807) is 42.6 Å². The molecule has 0 aliphatic heterocycles. The lowest BCUT2D eigenvalue weighted by Crippen LogP contribution is -2.22. The van der Waals surface area contributed by atoms with E-state index in [2.05, 4.69) is 10.3 Å². The maximum Gasteiger partial charge on any atom is 0.420 e. The zero-order valence-electron chi connectivity index (χ0n) is 14.4. The molecule has 0 aliphatic rings. The number of imidazole rings is 1. The van der Waals surface area contributed by atoms with E-state index in [9.17, 15) is 18.0 Å². The highest BCUT2D eigenvalue weighted by Gasteiger charge is 2.34. The van der Waals surface area contributed by atoms with Crippen LogP contribution in [0.5, 0.6) is 0 Å². The van der Waals surface area contributed by atoms with Crippen LogP contribution >= 0.6 is 0 Å². The number of hydrogen-bond donors (Lipinski definition) is 1. The molecule has 0 bridgehead atoms. The van der Waals surface area contributed by atoms with Crippen LogP contribution in [0.2, 0.25) is 0 Å². The maximum absolute atomic E-state index is 13.5. The number of furan rings is 1. The van der Waals surface area contributed by atoms with Gasteiger partial charge >= 0.3 is 6.18 Å². The summed E-state index contributed by atoms with van der Waals surface area (Å²) in [6.07, 6.45) is 1.21. The molecule has 1 aromatic carbocycles. The molecule has 0 saturated heterocycles. The number of pyridine rings is 1. The van der Waals surface area contributed by atoms with Crippen LogP contribution in [0.15, 0.2) is 71.8 Å². The van der Waals surface area contributed by atoms with Crippen molar-refractivity contribution < 1.29 is 22.4 Å². The van der Waals surface area contributed by atoms with Gasteiger partial charge in [-0.25, -0.2) is 4.98 Å². The molecule has 0 aliphatic carbocycles. The first-order valence-electron chi connectivity index (χ1n) is 8.36. The molecular formula is C20H14F3N3O2. The topological polar surface area (TPSA) is 59.5 Å². The van der Waals surface area contributed by atoms with Crippen LogP contribution in [0.25, 0.3) is 16.8 Å². The van der Waals surface area contributed by atoms with E-state index in [-0.39, 0.29) is 18.1 Å². The van der Waals surface area contributed by atoms with Gasteiger partial charge in [-0.05, 0) is 24.3 Å². The van der Waals surface area contributed by atoms with Gasteiger partial charge in [0.15, 0.2) is 0 Å². The number of carbonyl (C=O) groups is 1. The van der Waals surface area contributed by atoms with Crippen LogP contribution in [-0.4, -0.2) is 15.3 Å². The van der Waals surface area contributed by atoms with Crippen LogP contribution in [-0.2, 0) is 12.7 Å². The van der Waals surface area contributed by atoms with Crippen LogP contribution in [0.1, 0.15) is 21.6 Å². The predicted octanol–water partition coefficient (Wildman–Crippen LogP) is 4.54. The average Bonchev–Trinajstić information content (AvgIpc) is 3.34. The Labute approximate surface area is 157 Å². The fraction of sp³-hybridized carbons (Fsp3) is 0.100. The van der Waals surface area contributed by atoms with Crippen molar-refractivity contribution >= 4 is 11.6 Å².